The minimum absolute atomic E-state index is 0.0125. The van der Waals surface area contributed by atoms with Crippen molar-refractivity contribution in [1.29, 1.82) is 0 Å². The molecule has 1 aromatic rings. The second-order valence-corrected chi connectivity index (χ2v) is 5.01. The first-order valence-electron chi connectivity index (χ1n) is 5.45. The first kappa shape index (κ1) is 14.4. The van der Waals surface area contributed by atoms with Crippen molar-refractivity contribution in [2.75, 3.05) is 12.8 Å². The Bertz CT molecular complexity index is 398. The lowest BCUT2D eigenvalue weighted by Gasteiger charge is -2.11. The Balaban J connectivity index is 2.74. The lowest BCUT2D eigenvalue weighted by molar-refractivity contribution is 0.0951. The van der Waals surface area contributed by atoms with Crippen LogP contribution >= 0.6 is 23.4 Å². The van der Waals surface area contributed by atoms with Crippen LogP contribution in [0.4, 0.5) is 0 Å². The zero-order valence-corrected chi connectivity index (χ0v) is 11.6. The number of benzene rings is 1. The number of hydrogen-bond acceptors (Lipinski definition) is 3. The molecule has 3 N–H and O–H groups in total. The van der Waals surface area contributed by atoms with E-state index in [1.54, 1.807) is 23.9 Å². The lowest BCUT2D eigenvalue weighted by atomic mass is 10.2. The van der Waals surface area contributed by atoms with Gasteiger partial charge >= 0.3 is 0 Å². The Morgan fingerprint density at radius 1 is 1.59 bits per heavy atom. The van der Waals surface area contributed by atoms with Crippen LogP contribution in [0.15, 0.2) is 23.1 Å². The van der Waals surface area contributed by atoms with Crippen molar-refractivity contribution in [3.05, 3.63) is 28.8 Å². The molecule has 0 aliphatic rings. The van der Waals surface area contributed by atoms with Crippen LogP contribution in [-0.4, -0.2) is 24.7 Å². The Morgan fingerprint density at radius 3 is 2.88 bits per heavy atom. The molecule has 0 bridgehead atoms. The van der Waals surface area contributed by atoms with Gasteiger partial charge in [0.15, 0.2) is 0 Å². The number of hydrogen-bond donors (Lipinski definition) is 2. The van der Waals surface area contributed by atoms with Gasteiger partial charge in [0.1, 0.15) is 0 Å². The highest BCUT2D eigenvalue weighted by Gasteiger charge is 2.11. The maximum absolute atomic E-state index is 11.9. The predicted molar refractivity (Wildman–Crippen MR) is 73.8 cm³/mol. The summed E-state index contributed by atoms with van der Waals surface area (Å²) >= 11 is 7.57. The van der Waals surface area contributed by atoms with Crippen LogP contribution in [-0.2, 0) is 0 Å². The minimum Gasteiger partial charge on any atom is -0.350 e. The van der Waals surface area contributed by atoms with E-state index in [2.05, 4.69) is 5.32 Å². The number of carbonyl (C=O) groups is 1. The van der Waals surface area contributed by atoms with Gasteiger partial charge in [-0.25, -0.2) is 0 Å². The zero-order valence-electron chi connectivity index (χ0n) is 10.00. The molecule has 0 spiro atoms. The smallest absolute Gasteiger partial charge is 0.252 e. The average Bonchev–Trinajstić information content (AvgIpc) is 2.36. The van der Waals surface area contributed by atoms with Crippen LogP contribution in [0.5, 0.6) is 0 Å². The molecule has 1 aromatic carbocycles. The molecule has 0 aromatic heterocycles. The number of thioether (sulfide) groups is 1. The highest BCUT2D eigenvalue weighted by Crippen LogP contribution is 2.22. The monoisotopic (exact) mass is 272 g/mol. The predicted octanol–water partition coefficient (Wildman–Crippen LogP) is 2.53. The summed E-state index contributed by atoms with van der Waals surface area (Å²) < 4.78 is 0. The second-order valence-electron chi connectivity index (χ2n) is 3.72. The van der Waals surface area contributed by atoms with Gasteiger partial charge in [-0.15, -0.1) is 11.8 Å². The molecule has 0 aliphatic carbocycles. The van der Waals surface area contributed by atoms with Crippen LogP contribution in [0.3, 0.4) is 0 Å². The third-order valence-corrected chi connectivity index (χ3v) is 3.52. The molecule has 3 nitrogen and oxygen atoms in total. The van der Waals surface area contributed by atoms with E-state index in [9.17, 15) is 4.79 Å². The number of nitrogens with two attached hydrogens (primary N) is 1. The van der Waals surface area contributed by atoms with E-state index in [0.717, 1.165) is 11.3 Å². The summed E-state index contributed by atoms with van der Waals surface area (Å²) in [5, 5.41) is 3.25. The van der Waals surface area contributed by atoms with Crippen LogP contribution in [0.2, 0.25) is 5.02 Å². The number of carbonyl (C=O) groups excluding carboxylic acids is 1. The van der Waals surface area contributed by atoms with Crippen molar-refractivity contribution in [3.8, 4) is 0 Å². The molecule has 0 fully saturated rings. The zero-order chi connectivity index (χ0) is 12.8. The largest absolute Gasteiger partial charge is 0.350 e. The molecule has 5 heteroatoms. The summed E-state index contributed by atoms with van der Waals surface area (Å²) in [5.41, 5.74) is 6.24. The first-order valence-corrected chi connectivity index (χ1v) is 7.06. The van der Waals surface area contributed by atoms with Crippen molar-refractivity contribution >= 4 is 29.3 Å². The third kappa shape index (κ3) is 4.22. The van der Waals surface area contributed by atoms with Crippen molar-refractivity contribution in [2.45, 2.75) is 24.3 Å². The topological polar surface area (TPSA) is 55.1 Å². The summed E-state index contributed by atoms with van der Waals surface area (Å²) in [6, 6.07) is 5.41. The maximum atomic E-state index is 11.9. The second kappa shape index (κ2) is 6.89. The first-order chi connectivity index (χ1) is 8.08. The van der Waals surface area contributed by atoms with Crippen molar-refractivity contribution in [3.63, 3.8) is 0 Å². The SMILES string of the molecule is CCC(N)CNC(=O)c1cc(SC)ccc1Cl. The molecule has 0 aliphatic heterocycles. The Morgan fingerprint density at radius 2 is 2.29 bits per heavy atom. The van der Waals surface area contributed by atoms with Gasteiger partial charge in [0.05, 0.1) is 10.6 Å². The molecule has 1 atom stereocenters. The summed E-state index contributed by atoms with van der Waals surface area (Å²) in [6.45, 7) is 2.45. The van der Waals surface area contributed by atoms with Crippen molar-refractivity contribution < 1.29 is 4.79 Å². The van der Waals surface area contributed by atoms with Gasteiger partial charge in [-0.2, -0.15) is 0 Å². The van der Waals surface area contributed by atoms with Gasteiger partial charge < -0.3 is 11.1 Å². The lowest BCUT2D eigenvalue weighted by Crippen LogP contribution is -2.36. The molecule has 94 valence electrons. The normalized spacial score (nSPS) is 12.2. The number of nitrogens with one attached hydrogen (secondary N) is 1. The van der Waals surface area contributed by atoms with E-state index < -0.39 is 0 Å². The molecule has 0 radical (unpaired) electrons. The van der Waals surface area contributed by atoms with E-state index in [0.29, 0.717) is 17.1 Å². The van der Waals surface area contributed by atoms with Crippen molar-refractivity contribution in [1.82, 2.24) is 5.32 Å². The molecule has 0 saturated heterocycles. The Kier molecular flexibility index (Phi) is 5.82. The van der Waals surface area contributed by atoms with Crippen molar-refractivity contribution in [2.24, 2.45) is 5.73 Å². The van der Waals surface area contributed by atoms with Gasteiger partial charge in [0.2, 0.25) is 0 Å². The molecule has 1 amide bonds. The Hall–Kier alpha value is -0.710. The quantitative estimate of drug-likeness (QED) is 0.810. The van der Waals surface area contributed by atoms with Crippen LogP contribution in [0, 0.1) is 0 Å². The number of halogens is 1. The maximum Gasteiger partial charge on any atom is 0.252 e. The molecule has 1 unspecified atom stereocenters. The summed E-state index contributed by atoms with van der Waals surface area (Å²) in [7, 11) is 0. The van der Waals surface area contributed by atoms with Gasteiger partial charge in [0, 0.05) is 17.5 Å². The van der Waals surface area contributed by atoms with E-state index in [4.69, 9.17) is 17.3 Å². The van der Waals surface area contributed by atoms with Crippen LogP contribution in [0.1, 0.15) is 23.7 Å². The molecular formula is C12H17ClN2OS. The van der Waals surface area contributed by atoms with E-state index in [1.807, 2.05) is 19.2 Å². The van der Waals surface area contributed by atoms with E-state index in [1.165, 1.54) is 0 Å². The molecule has 1 rings (SSSR count). The summed E-state index contributed by atoms with van der Waals surface area (Å²) in [5.74, 6) is -0.171. The van der Waals surface area contributed by atoms with Gasteiger partial charge in [-0.1, -0.05) is 18.5 Å². The molecule has 17 heavy (non-hydrogen) atoms. The fraction of sp³-hybridized carbons (Fsp3) is 0.417. The highest BCUT2D eigenvalue weighted by atomic mass is 35.5. The standard InChI is InChI=1S/C12H17ClN2OS/c1-3-8(14)7-15-12(16)10-6-9(17-2)4-5-11(10)13/h4-6,8H,3,7,14H2,1-2H3,(H,15,16). The van der Waals surface area contributed by atoms with Gasteiger partial charge in [-0.3, -0.25) is 4.79 Å². The molecule has 0 saturated carbocycles. The summed E-state index contributed by atoms with van der Waals surface area (Å²) in [6.07, 6.45) is 2.79. The van der Waals surface area contributed by atoms with E-state index >= 15 is 0 Å². The number of amides is 1. The molecule has 0 heterocycles. The fourth-order valence-electron chi connectivity index (χ4n) is 1.27. The third-order valence-electron chi connectivity index (χ3n) is 2.47. The van der Waals surface area contributed by atoms with Gasteiger partial charge in [0.25, 0.3) is 5.91 Å². The van der Waals surface area contributed by atoms with E-state index in [-0.39, 0.29) is 11.9 Å². The minimum atomic E-state index is -0.171. The van der Waals surface area contributed by atoms with Crippen LogP contribution < -0.4 is 11.1 Å². The summed E-state index contributed by atoms with van der Waals surface area (Å²) in [4.78, 5) is 12.9. The van der Waals surface area contributed by atoms with Gasteiger partial charge in [-0.05, 0) is 30.9 Å². The average molecular weight is 273 g/mol. The Labute approximate surface area is 111 Å². The molecular weight excluding hydrogens is 256 g/mol. The highest BCUT2D eigenvalue weighted by molar-refractivity contribution is 7.98. The van der Waals surface area contributed by atoms with Crippen LogP contribution in [0.25, 0.3) is 0 Å². The fourth-order valence-corrected chi connectivity index (χ4v) is 1.91. The number of rotatable bonds is 5.